The lowest BCUT2D eigenvalue weighted by Gasteiger charge is -2.34. The third-order valence-electron chi connectivity index (χ3n) is 6.71. The zero-order chi connectivity index (χ0) is 30.2. The fourth-order valence-corrected chi connectivity index (χ4v) is 6.06. The van der Waals surface area contributed by atoms with Gasteiger partial charge in [0.15, 0.2) is 0 Å². The van der Waals surface area contributed by atoms with E-state index in [1.54, 1.807) is 55.5 Å². The number of carbonyl (C=O) groups is 2. The third kappa shape index (κ3) is 7.93. The Labute approximate surface area is 252 Å². The molecular formula is C30H35Cl2N3O5S. The van der Waals surface area contributed by atoms with Crippen molar-refractivity contribution in [3.63, 3.8) is 0 Å². The molecule has 0 bridgehead atoms. The number of nitrogens with zero attached hydrogens (tertiary/aromatic N) is 2. The van der Waals surface area contributed by atoms with E-state index in [2.05, 4.69) is 5.32 Å². The molecule has 3 aromatic carbocycles. The van der Waals surface area contributed by atoms with Crippen molar-refractivity contribution in [3.8, 4) is 5.75 Å². The highest BCUT2D eigenvalue weighted by molar-refractivity contribution is 7.92. The average Bonchev–Trinajstić information content (AvgIpc) is 2.96. The van der Waals surface area contributed by atoms with E-state index in [1.165, 1.54) is 36.3 Å². The van der Waals surface area contributed by atoms with Gasteiger partial charge < -0.3 is 15.0 Å². The quantitative estimate of drug-likeness (QED) is 0.256. The summed E-state index contributed by atoms with van der Waals surface area (Å²) in [5, 5.41) is 3.63. The summed E-state index contributed by atoms with van der Waals surface area (Å²) in [6.45, 7) is 5.00. The molecule has 3 aromatic rings. The van der Waals surface area contributed by atoms with E-state index in [-0.39, 0.29) is 39.8 Å². The summed E-state index contributed by atoms with van der Waals surface area (Å²) in [6, 6.07) is 18.3. The Bertz CT molecular complexity index is 1450. The molecule has 8 nitrogen and oxygen atoms in total. The van der Waals surface area contributed by atoms with Crippen LogP contribution in [-0.2, 0) is 26.2 Å². The van der Waals surface area contributed by atoms with Gasteiger partial charge in [-0.25, -0.2) is 8.42 Å². The van der Waals surface area contributed by atoms with Gasteiger partial charge in [-0.3, -0.25) is 13.9 Å². The van der Waals surface area contributed by atoms with Gasteiger partial charge in [0.05, 0.1) is 17.7 Å². The number of ether oxygens (including phenoxy) is 1. The van der Waals surface area contributed by atoms with Gasteiger partial charge in [0.2, 0.25) is 11.8 Å². The van der Waals surface area contributed by atoms with Crippen molar-refractivity contribution in [1.82, 2.24) is 10.2 Å². The van der Waals surface area contributed by atoms with Gasteiger partial charge in [-0.05, 0) is 61.7 Å². The number of methoxy groups -OCH3 is 1. The number of benzene rings is 3. The zero-order valence-electron chi connectivity index (χ0n) is 23.5. The van der Waals surface area contributed by atoms with Crippen molar-refractivity contribution in [2.45, 2.75) is 57.1 Å². The fourth-order valence-electron chi connectivity index (χ4n) is 4.26. The highest BCUT2D eigenvalue weighted by atomic mass is 35.5. The van der Waals surface area contributed by atoms with Crippen molar-refractivity contribution in [3.05, 3.63) is 88.4 Å². The largest absolute Gasteiger partial charge is 0.495 e. The second kappa shape index (κ2) is 14.6. The Morgan fingerprint density at radius 2 is 1.61 bits per heavy atom. The number of hydrogen-bond acceptors (Lipinski definition) is 5. The summed E-state index contributed by atoms with van der Waals surface area (Å²) >= 11 is 12.7. The van der Waals surface area contributed by atoms with E-state index >= 15 is 0 Å². The van der Waals surface area contributed by atoms with Crippen LogP contribution in [0.2, 0.25) is 10.0 Å². The molecule has 220 valence electrons. The molecule has 2 amide bonds. The fraction of sp³-hybridized carbons (Fsp3) is 0.333. The van der Waals surface area contributed by atoms with E-state index in [4.69, 9.17) is 27.9 Å². The number of sulfonamides is 1. The first-order valence-corrected chi connectivity index (χ1v) is 15.5. The molecule has 0 radical (unpaired) electrons. The monoisotopic (exact) mass is 619 g/mol. The van der Waals surface area contributed by atoms with Crippen LogP contribution < -0.4 is 14.4 Å². The van der Waals surface area contributed by atoms with E-state index < -0.39 is 28.5 Å². The molecule has 0 aromatic heterocycles. The number of anilines is 1. The molecule has 1 N–H and O–H groups in total. The lowest BCUT2D eigenvalue weighted by atomic mass is 10.1. The molecule has 3 rings (SSSR count). The molecule has 0 heterocycles. The van der Waals surface area contributed by atoms with Crippen LogP contribution in [0.5, 0.6) is 5.75 Å². The first kappa shape index (κ1) is 32.2. The highest BCUT2D eigenvalue weighted by Gasteiger charge is 2.35. The van der Waals surface area contributed by atoms with Crippen LogP contribution >= 0.6 is 23.2 Å². The molecule has 2 atom stereocenters. The number of amides is 2. The Kier molecular flexibility index (Phi) is 11.5. The van der Waals surface area contributed by atoms with Crippen molar-refractivity contribution >= 4 is 50.7 Å². The van der Waals surface area contributed by atoms with Crippen LogP contribution in [0.1, 0.15) is 39.2 Å². The first-order valence-electron chi connectivity index (χ1n) is 13.3. The minimum absolute atomic E-state index is 0.00313. The van der Waals surface area contributed by atoms with Crippen LogP contribution in [-0.4, -0.2) is 50.9 Å². The summed E-state index contributed by atoms with van der Waals surface area (Å²) in [6.07, 6.45) is 1.00. The average molecular weight is 621 g/mol. The Morgan fingerprint density at radius 1 is 0.951 bits per heavy atom. The van der Waals surface area contributed by atoms with E-state index in [0.29, 0.717) is 23.4 Å². The van der Waals surface area contributed by atoms with E-state index in [1.807, 2.05) is 13.8 Å². The highest BCUT2D eigenvalue weighted by Crippen LogP contribution is 2.35. The van der Waals surface area contributed by atoms with E-state index in [0.717, 1.165) is 4.31 Å². The molecule has 0 spiro atoms. The predicted molar refractivity (Wildman–Crippen MR) is 163 cm³/mol. The van der Waals surface area contributed by atoms with Crippen LogP contribution in [0.15, 0.2) is 77.7 Å². The lowest BCUT2D eigenvalue weighted by molar-refractivity contribution is -0.140. The van der Waals surface area contributed by atoms with Gasteiger partial charge in [0, 0.05) is 22.6 Å². The number of hydrogen-bond donors (Lipinski definition) is 1. The van der Waals surface area contributed by atoms with E-state index in [9.17, 15) is 18.0 Å². The third-order valence-corrected chi connectivity index (χ3v) is 9.08. The molecule has 0 fully saturated rings. The van der Waals surface area contributed by atoms with Crippen LogP contribution in [0.3, 0.4) is 0 Å². The minimum Gasteiger partial charge on any atom is -0.495 e. The lowest BCUT2D eigenvalue weighted by Crippen LogP contribution is -2.53. The Morgan fingerprint density at radius 3 is 2.22 bits per heavy atom. The van der Waals surface area contributed by atoms with Crippen LogP contribution in [0.4, 0.5) is 5.69 Å². The second-order valence-electron chi connectivity index (χ2n) is 9.50. The SMILES string of the molecule is CC[C@H](C(=O)N[C@@H](C)CC)N(Cc1ccccc1Cl)C(=O)CN(c1cc(Cl)ccc1OC)S(=O)(=O)c1ccccc1. The Balaban J connectivity index is 2.13. The number of rotatable bonds is 13. The van der Waals surface area contributed by atoms with Gasteiger partial charge in [-0.1, -0.05) is 73.4 Å². The molecular weight excluding hydrogens is 585 g/mol. The second-order valence-corrected chi connectivity index (χ2v) is 12.2. The van der Waals surface area contributed by atoms with Crippen molar-refractivity contribution < 1.29 is 22.7 Å². The maximum Gasteiger partial charge on any atom is 0.264 e. The summed E-state index contributed by atoms with van der Waals surface area (Å²) in [4.78, 5) is 28.9. The summed E-state index contributed by atoms with van der Waals surface area (Å²) in [5.74, 6) is -0.724. The molecule has 0 aliphatic rings. The van der Waals surface area contributed by atoms with Crippen molar-refractivity contribution in [2.75, 3.05) is 18.0 Å². The van der Waals surface area contributed by atoms with Gasteiger partial charge in [-0.15, -0.1) is 0 Å². The normalized spacial score (nSPS) is 12.7. The number of halogens is 2. The predicted octanol–water partition coefficient (Wildman–Crippen LogP) is 5.92. The van der Waals surface area contributed by atoms with Gasteiger partial charge in [0.25, 0.3) is 10.0 Å². The van der Waals surface area contributed by atoms with Gasteiger partial charge in [0.1, 0.15) is 18.3 Å². The molecule has 0 saturated heterocycles. The first-order chi connectivity index (χ1) is 19.5. The number of nitrogens with one attached hydrogen (secondary N) is 1. The molecule has 0 saturated carbocycles. The topological polar surface area (TPSA) is 96.0 Å². The summed E-state index contributed by atoms with van der Waals surface area (Å²) in [7, 11) is -2.87. The number of carbonyl (C=O) groups excluding carboxylic acids is 2. The summed E-state index contributed by atoms with van der Waals surface area (Å²) in [5.41, 5.74) is 0.710. The van der Waals surface area contributed by atoms with Gasteiger partial charge in [-0.2, -0.15) is 0 Å². The maximum atomic E-state index is 14.2. The Hall–Kier alpha value is -3.27. The molecule has 0 aliphatic carbocycles. The van der Waals surface area contributed by atoms with Crippen molar-refractivity contribution in [2.24, 2.45) is 0 Å². The minimum atomic E-state index is -4.27. The van der Waals surface area contributed by atoms with Gasteiger partial charge >= 0.3 is 0 Å². The van der Waals surface area contributed by atoms with Crippen LogP contribution in [0, 0.1) is 0 Å². The maximum absolute atomic E-state index is 14.2. The zero-order valence-corrected chi connectivity index (χ0v) is 25.8. The molecule has 0 unspecified atom stereocenters. The van der Waals surface area contributed by atoms with Crippen molar-refractivity contribution in [1.29, 1.82) is 0 Å². The molecule has 11 heteroatoms. The standard InChI is InChI=1S/C30H35Cl2N3O5S/c1-5-21(3)33-30(37)26(6-2)34(19-22-12-10-11-15-25(22)32)29(36)20-35(27-18-23(31)16-17-28(27)40-4)41(38,39)24-13-8-7-9-14-24/h7-18,21,26H,5-6,19-20H2,1-4H3,(H,33,37)/t21-,26+/m0/s1. The molecule has 41 heavy (non-hydrogen) atoms. The molecule has 0 aliphatic heterocycles. The van der Waals surface area contributed by atoms with Crippen LogP contribution in [0.25, 0.3) is 0 Å². The summed E-state index contributed by atoms with van der Waals surface area (Å²) < 4.78 is 34.4. The smallest absolute Gasteiger partial charge is 0.264 e.